The maximum Gasteiger partial charge on any atom is 0.243 e. The SMILES string of the molecule is CCN(CC)S(=O)(=O)c1cccc(-c2nnc(SCC(=O)NCCc3ccccc3)n2C(C)COC)c1. The normalized spacial score (nSPS) is 12.6. The summed E-state index contributed by atoms with van der Waals surface area (Å²) in [5.41, 5.74) is 1.79. The molecule has 0 spiro atoms. The minimum atomic E-state index is -3.63. The van der Waals surface area contributed by atoms with Gasteiger partial charge in [0.05, 0.1) is 23.3 Å². The Morgan fingerprint density at radius 2 is 1.84 bits per heavy atom. The molecule has 0 saturated heterocycles. The molecule has 200 valence electrons. The van der Waals surface area contributed by atoms with Crippen LogP contribution in [0.15, 0.2) is 64.6 Å². The van der Waals surface area contributed by atoms with Gasteiger partial charge in [0.1, 0.15) is 0 Å². The molecule has 3 aromatic rings. The van der Waals surface area contributed by atoms with E-state index in [-0.39, 0.29) is 22.6 Å². The molecule has 0 aliphatic carbocycles. The smallest absolute Gasteiger partial charge is 0.243 e. The maximum absolute atomic E-state index is 13.1. The van der Waals surface area contributed by atoms with Crippen LogP contribution >= 0.6 is 11.8 Å². The van der Waals surface area contributed by atoms with Crippen molar-refractivity contribution in [2.75, 3.05) is 39.1 Å². The number of methoxy groups -OCH3 is 1. The van der Waals surface area contributed by atoms with Crippen molar-refractivity contribution < 1.29 is 17.9 Å². The van der Waals surface area contributed by atoms with E-state index < -0.39 is 10.0 Å². The Morgan fingerprint density at radius 3 is 2.51 bits per heavy atom. The average molecular weight is 546 g/mol. The highest BCUT2D eigenvalue weighted by molar-refractivity contribution is 7.99. The van der Waals surface area contributed by atoms with Crippen LogP contribution in [0.1, 0.15) is 32.4 Å². The third kappa shape index (κ3) is 7.41. The standard InChI is InChI=1S/C26H35N5O4S2/c1-5-30(6-2)37(33,34)23-14-10-13-22(17-23)25-28-29-26(31(25)20(3)18-35-4)36-19-24(32)27-16-15-21-11-8-7-9-12-21/h7-14,17,20H,5-6,15-16,18-19H2,1-4H3,(H,27,32). The summed E-state index contributed by atoms with van der Waals surface area (Å²) in [6, 6.07) is 16.6. The van der Waals surface area contributed by atoms with Gasteiger partial charge in [-0.1, -0.05) is 68.1 Å². The Balaban J connectivity index is 1.78. The molecular formula is C26H35N5O4S2. The summed E-state index contributed by atoms with van der Waals surface area (Å²) in [6.45, 7) is 7.33. The first-order valence-electron chi connectivity index (χ1n) is 12.3. The Bertz CT molecular complexity index is 1260. The molecule has 1 unspecified atom stereocenters. The Kier molecular flexibility index (Phi) is 10.7. The van der Waals surface area contributed by atoms with Crippen LogP contribution in [0.3, 0.4) is 0 Å². The first kappa shape index (κ1) is 28.8. The van der Waals surface area contributed by atoms with Crippen molar-refractivity contribution in [1.29, 1.82) is 0 Å². The summed E-state index contributed by atoms with van der Waals surface area (Å²) in [5, 5.41) is 12.2. The van der Waals surface area contributed by atoms with E-state index in [9.17, 15) is 13.2 Å². The number of rotatable bonds is 14. The molecule has 37 heavy (non-hydrogen) atoms. The van der Waals surface area contributed by atoms with E-state index in [1.165, 1.54) is 21.6 Å². The molecule has 0 bridgehead atoms. The second-order valence-corrected chi connectivity index (χ2v) is 11.4. The first-order valence-corrected chi connectivity index (χ1v) is 14.7. The number of sulfonamides is 1. The van der Waals surface area contributed by atoms with Crippen molar-refractivity contribution in [2.45, 2.75) is 43.3 Å². The molecule has 9 nitrogen and oxygen atoms in total. The average Bonchev–Trinajstić information content (AvgIpc) is 3.33. The summed E-state index contributed by atoms with van der Waals surface area (Å²) in [7, 11) is -2.01. The fourth-order valence-corrected chi connectivity index (χ4v) is 6.34. The molecule has 11 heteroatoms. The van der Waals surface area contributed by atoms with E-state index in [0.29, 0.717) is 42.8 Å². The summed E-state index contributed by atoms with van der Waals surface area (Å²) in [6.07, 6.45) is 0.759. The van der Waals surface area contributed by atoms with Gasteiger partial charge in [0, 0.05) is 32.3 Å². The van der Waals surface area contributed by atoms with Crippen LogP contribution in [0.4, 0.5) is 0 Å². The molecule has 1 N–H and O–H groups in total. The maximum atomic E-state index is 13.1. The van der Waals surface area contributed by atoms with Crippen molar-refractivity contribution >= 4 is 27.7 Å². The molecule has 1 heterocycles. The number of aromatic nitrogens is 3. The molecule has 2 aromatic carbocycles. The van der Waals surface area contributed by atoms with Gasteiger partial charge in [-0.05, 0) is 31.0 Å². The molecule has 1 atom stereocenters. The van der Waals surface area contributed by atoms with Crippen LogP contribution in [0.5, 0.6) is 0 Å². The number of hydrogen-bond acceptors (Lipinski definition) is 7. The molecule has 1 amide bonds. The minimum Gasteiger partial charge on any atom is -0.383 e. The van der Waals surface area contributed by atoms with Crippen LogP contribution in [0.2, 0.25) is 0 Å². The van der Waals surface area contributed by atoms with Crippen molar-refractivity contribution in [3.05, 3.63) is 60.2 Å². The fourth-order valence-electron chi connectivity index (χ4n) is 3.97. The van der Waals surface area contributed by atoms with Gasteiger partial charge < -0.3 is 10.1 Å². The molecule has 0 radical (unpaired) electrons. The topological polar surface area (TPSA) is 106 Å². The van der Waals surface area contributed by atoms with Crippen LogP contribution in [0, 0.1) is 0 Å². The lowest BCUT2D eigenvalue weighted by Crippen LogP contribution is -2.30. The zero-order chi connectivity index (χ0) is 26.8. The Labute approximate surface area is 223 Å². The van der Waals surface area contributed by atoms with Gasteiger partial charge in [0.25, 0.3) is 0 Å². The van der Waals surface area contributed by atoms with Gasteiger partial charge >= 0.3 is 0 Å². The zero-order valence-corrected chi connectivity index (χ0v) is 23.4. The second-order valence-electron chi connectivity index (χ2n) is 8.47. The molecule has 0 aliphatic rings. The van der Waals surface area contributed by atoms with E-state index in [4.69, 9.17) is 4.74 Å². The number of hydrogen-bond donors (Lipinski definition) is 1. The molecule has 0 fully saturated rings. The monoisotopic (exact) mass is 545 g/mol. The number of nitrogens with zero attached hydrogens (tertiary/aromatic N) is 4. The quantitative estimate of drug-likeness (QED) is 0.308. The largest absolute Gasteiger partial charge is 0.383 e. The van der Waals surface area contributed by atoms with E-state index in [1.54, 1.807) is 25.3 Å². The Morgan fingerprint density at radius 1 is 1.11 bits per heavy atom. The molecule has 3 rings (SSSR count). The van der Waals surface area contributed by atoms with Gasteiger partial charge in [-0.2, -0.15) is 4.31 Å². The molecular weight excluding hydrogens is 510 g/mol. The van der Waals surface area contributed by atoms with Gasteiger partial charge in [0.2, 0.25) is 15.9 Å². The first-order chi connectivity index (χ1) is 17.8. The highest BCUT2D eigenvalue weighted by Gasteiger charge is 2.24. The van der Waals surface area contributed by atoms with E-state index in [1.807, 2.05) is 61.7 Å². The lowest BCUT2D eigenvalue weighted by atomic mass is 10.1. The van der Waals surface area contributed by atoms with Crippen molar-refractivity contribution in [2.24, 2.45) is 0 Å². The van der Waals surface area contributed by atoms with Crippen molar-refractivity contribution in [3.8, 4) is 11.4 Å². The number of benzene rings is 2. The van der Waals surface area contributed by atoms with E-state index in [0.717, 1.165) is 6.42 Å². The molecule has 0 saturated carbocycles. The summed E-state index contributed by atoms with van der Waals surface area (Å²) < 4.78 is 34.8. The number of thioether (sulfide) groups is 1. The van der Waals surface area contributed by atoms with E-state index in [2.05, 4.69) is 15.5 Å². The summed E-state index contributed by atoms with van der Waals surface area (Å²) in [5.74, 6) is 0.611. The number of ether oxygens (including phenoxy) is 1. The van der Waals surface area contributed by atoms with E-state index >= 15 is 0 Å². The lowest BCUT2D eigenvalue weighted by Gasteiger charge is -2.20. The third-order valence-electron chi connectivity index (χ3n) is 5.86. The van der Waals surface area contributed by atoms with Crippen LogP contribution in [0.25, 0.3) is 11.4 Å². The number of carbonyl (C=O) groups excluding carboxylic acids is 1. The van der Waals surface area contributed by atoms with Gasteiger partial charge in [-0.3, -0.25) is 9.36 Å². The highest BCUT2D eigenvalue weighted by Crippen LogP contribution is 2.30. The fraction of sp³-hybridized carbons (Fsp3) is 0.423. The van der Waals surface area contributed by atoms with Crippen LogP contribution < -0.4 is 5.32 Å². The number of nitrogens with one attached hydrogen (secondary N) is 1. The highest BCUT2D eigenvalue weighted by atomic mass is 32.2. The number of carbonyl (C=O) groups is 1. The third-order valence-corrected chi connectivity index (χ3v) is 8.85. The van der Waals surface area contributed by atoms with Crippen molar-refractivity contribution in [1.82, 2.24) is 24.4 Å². The second kappa shape index (κ2) is 13.7. The number of amides is 1. The van der Waals surface area contributed by atoms with Gasteiger partial charge in [-0.25, -0.2) is 8.42 Å². The minimum absolute atomic E-state index is 0.0938. The molecule has 1 aromatic heterocycles. The predicted molar refractivity (Wildman–Crippen MR) is 146 cm³/mol. The summed E-state index contributed by atoms with van der Waals surface area (Å²) in [4.78, 5) is 12.7. The van der Waals surface area contributed by atoms with Gasteiger partial charge in [-0.15, -0.1) is 10.2 Å². The molecule has 0 aliphatic heterocycles. The van der Waals surface area contributed by atoms with Crippen molar-refractivity contribution in [3.63, 3.8) is 0 Å². The summed E-state index contributed by atoms with van der Waals surface area (Å²) >= 11 is 1.29. The van der Waals surface area contributed by atoms with Gasteiger partial charge in [0.15, 0.2) is 11.0 Å². The van der Waals surface area contributed by atoms with Crippen LogP contribution in [-0.4, -0.2) is 72.5 Å². The zero-order valence-electron chi connectivity index (χ0n) is 21.8. The van der Waals surface area contributed by atoms with Crippen LogP contribution in [-0.2, 0) is 26.0 Å². The predicted octanol–water partition coefficient (Wildman–Crippen LogP) is 3.63. The lowest BCUT2D eigenvalue weighted by molar-refractivity contribution is -0.118. The Hall–Kier alpha value is -2.73.